The molecule has 3 aromatic rings. The number of rotatable bonds is 11. The maximum atomic E-state index is 13.2. The summed E-state index contributed by atoms with van der Waals surface area (Å²) < 4.78 is 12.9. The minimum atomic E-state index is -1.46. The third-order valence-corrected chi connectivity index (χ3v) is 6.28. The van der Waals surface area contributed by atoms with Gasteiger partial charge >= 0.3 is 11.9 Å². The molecule has 9 nitrogen and oxygen atoms in total. The summed E-state index contributed by atoms with van der Waals surface area (Å²) in [6.45, 7) is 2.33. The normalized spacial score (nSPS) is 12.8. The van der Waals surface area contributed by atoms with Crippen molar-refractivity contribution < 1.29 is 23.9 Å². The first-order chi connectivity index (χ1) is 18.0. The van der Waals surface area contributed by atoms with Gasteiger partial charge in [-0.2, -0.15) is 0 Å². The largest absolute Gasteiger partial charge is 0.460 e. The van der Waals surface area contributed by atoms with E-state index in [-0.39, 0.29) is 32.0 Å². The van der Waals surface area contributed by atoms with Crippen molar-refractivity contribution >= 4 is 29.9 Å². The maximum absolute atomic E-state index is 13.2. The number of nitrogens with one attached hydrogen (secondary N) is 1. The number of aliphatic imine (C=N–C) groups is 1. The van der Waals surface area contributed by atoms with E-state index >= 15 is 0 Å². The van der Waals surface area contributed by atoms with E-state index in [1.807, 2.05) is 65.2 Å². The van der Waals surface area contributed by atoms with E-state index in [2.05, 4.69) is 15.3 Å². The highest BCUT2D eigenvalue weighted by atomic mass is 16.6. The van der Waals surface area contributed by atoms with Crippen LogP contribution in [-0.2, 0) is 38.8 Å². The van der Waals surface area contributed by atoms with Crippen molar-refractivity contribution in [3.63, 3.8) is 0 Å². The average molecular weight is 503 g/mol. The molecule has 4 rings (SSSR count). The van der Waals surface area contributed by atoms with Crippen LogP contribution >= 0.6 is 0 Å². The Morgan fingerprint density at radius 3 is 2.14 bits per heavy atom. The number of imidazole rings is 1. The molecule has 192 valence electrons. The molecule has 0 atom stereocenters. The number of carbonyl (C=O) groups excluding carboxylic acids is 3. The highest BCUT2D eigenvalue weighted by Gasteiger charge is 2.44. The quantitative estimate of drug-likeness (QED) is 0.238. The Bertz CT molecular complexity index is 1200. The number of benzene rings is 2. The Labute approximate surface area is 215 Å². The van der Waals surface area contributed by atoms with Gasteiger partial charge in [0.05, 0.1) is 12.7 Å². The van der Waals surface area contributed by atoms with Crippen molar-refractivity contribution in [1.29, 1.82) is 0 Å². The summed E-state index contributed by atoms with van der Waals surface area (Å²) in [4.78, 5) is 46.7. The molecule has 0 radical (unpaired) electrons. The fourth-order valence-corrected chi connectivity index (χ4v) is 4.03. The summed E-state index contributed by atoms with van der Waals surface area (Å²) >= 11 is 0. The molecule has 1 aliphatic heterocycles. The van der Waals surface area contributed by atoms with Crippen LogP contribution in [-0.4, -0.2) is 40.2 Å². The lowest BCUT2D eigenvalue weighted by atomic mass is 9.84. The molecule has 0 saturated carbocycles. The molecular formula is C28H30N4O5. The number of anilines is 1. The van der Waals surface area contributed by atoms with Gasteiger partial charge in [0.15, 0.2) is 11.1 Å². The molecule has 1 aromatic heterocycles. The molecule has 0 spiro atoms. The summed E-state index contributed by atoms with van der Waals surface area (Å²) in [6.07, 6.45) is 4.54. The molecule has 9 heteroatoms. The van der Waals surface area contributed by atoms with E-state index in [1.165, 1.54) is 6.34 Å². The number of esters is 2. The number of fused-ring (bicyclic) bond motifs is 1. The van der Waals surface area contributed by atoms with Crippen molar-refractivity contribution in [1.82, 2.24) is 9.55 Å². The lowest BCUT2D eigenvalue weighted by Gasteiger charge is -2.25. The van der Waals surface area contributed by atoms with Gasteiger partial charge in [-0.25, -0.2) is 4.98 Å². The van der Waals surface area contributed by atoms with Gasteiger partial charge in [-0.15, -0.1) is 0 Å². The molecule has 0 fully saturated rings. The molecule has 1 N–H and O–H groups in total. The Morgan fingerprint density at radius 1 is 0.946 bits per heavy atom. The number of hydrogen-bond donors (Lipinski definition) is 1. The zero-order chi connectivity index (χ0) is 26.1. The zero-order valence-electron chi connectivity index (χ0n) is 20.8. The molecule has 1 aliphatic rings. The molecular weight excluding hydrogens is 472 g/mol. The lowest BCUT2D eigenvalue weighted by Crippen LogP contribution is -2.39. The summed E-state index contributed by atoms with van der Waals surface area (Å²) in [5.74, 6) is -0.785. The first kappa shape index (κ1) is 25.8. The lowest BCUT2D eigenvalue weighted by molar-refractivity contribution is -0.173. The molecule has 2 aromatic carbocycles. The van der Waals surface area contributed by atoms with Crippen molar-refractivity contribution in [2.75, 3.05) is 11.9 Å². The minimum Gasteiger partial charge on any atom is -0.460 e. The molecule has 0 aliphatic carbocycles. The molecule has 0 amide bonds. The summed E-state index contributed by atoms with van der Waals surface area (Å²) in [5, 5.41) is 3.00. The fourth-order valence-electron chi connectivity index (χ4n) is 4.03. The molecule has 37 heavy (non-hydrogen) atoms. The summed E-state index contributed by atoms with van der Waals surface area (Å²) in [7, 11) is 0. The van der Waals surface area contributed by atoms with Crippen LogP contribution in [0.4, 0.5) is 5.82 Å². The Morgan fingerprint density at radius 2 is 1.54 bits per heavy atom. The number of aryl methyl sites for hydroxylation is 1. The van der Waals surface area contributed by atoms with Crippen LogP contribution in [0, 0.1) is 5.41 Å². The number of nitrogens with zero attached hydrogens (tertiary/aromatic N) is 3. The average Bonchev–Trinajstić information content (AvgIpc) is 3.24. The minimum absolute atomic E-state index is 0.0611. The number of carbonyl (C=O) groups is 3. The Hall–Kier alpha value is -4.27. The summed E-state index contributed by atoms with van der Waals surface area (Å²) in [6, 6.07) is 18.6. The van der Waals surface area contributed by atoms with Gasteiger partial charge in [-0.05, 0) is 37.3 Å². The van der Waals surface area contributed by atoms with E-state index in [9.17, 15) is 14.4 Å². The number of unbranched alkanes of at least 4 members (excludes halogenated alkanes) is 1. The van der Waals surface area contributed by atoms with Crippen molar-refractivity contribution in [2.45, 2.75) is 45.9 Å². The van der Waals surface area contributed by atoms with Crippen LogP contribution < -0.4 is 5.32 Å². The fraction of sp³-hybridized carbons (Fsp3) is 0.321. The predicted molar refractivity (Wildman–Crippen MR) is 138 cm³/mol. The van der Waals surface area contributed by atoms with Gasteiger partial charge < -0.3 is 19.4 Å². The number of Topliss-reactive ketones (excluding diaryl/α,β-unsaturated/α-hetero) is 1. The highest BCUT2D eigenvalue weighted by Crippen LogP contribution is 2.30. The number of ether oxygens (including phenoxy) is 2. The first-order valence-electron chi connectivity index (χ1n) is 12.2. The van der Waals surface area contributed by atoms with Crippen LogP contribution in [0.2, 0.25) is 0 Å². The van der Waals surface area contributed by atoms with E-state index in [0.717, 1.165) is 11.1 Å². The summed E-state index contributed by atoms with van der Waals surface area (Å²) in [5.41, 5.74) is 0.566. The van der Waals surface area contributed by atoms with E-state index < -0.39 is 17.4 Å². The second-order valence-corrected chi connectivity index (χ2v) is 9.09. The van der Waals surface area contributed by atoms with Crippen molar-refractivity contribution in [3.8, 4) is 0 Å². The van der Waals surface area contributed by atoms with Gasteiger partial charge in [0.1, 0.15) is 25.6 Å². The smallest absolute Gasteiger partial charge is 0.323 e. The van der Waals surface area contributed by atoms with Crippen LogP contribution in [0.3, 0.4) is 0 Å². The predicted octanol–water partition coefficient (Wildman–Crippen LogP) is 4.18. The van der Waals surface area contributed by atoms with Gasteiger partial charge in [-0.3, -0.25) is 19.4 Å². The van der Waals surface area contributed by atoms with Crippen LogP contribution in [0.1, 0.15) is 47.8 Å². The third-order valence-electron chi connectivity index (χ3n) is 6.28. The molecule has 0 bridgehead atoms. The van der Waals surface area contributed by atoms with Crippen LogP contribution in [0.15, 0.2) is 72.0 Å². The molecule has 0 unspecified atom stereocenters. The Balaban J connectivity index is 1.39. The number of aromatic nitrogens is 2. The standard InChI is InChI=1S/C28H30N4O5/c1-28(26(34)36-17-21-10-4-2-5-11-21,27(35)37-18-22-12-6-3-7-13-22)14-8-9-15-32-20-31-24-23(33)16-29-19-30-25(24)32/h2-7,10-13,19-20H,8-9,14-18H2,1H3,(H,29,30). The van der Waals surface area contributed by atoms with Crippen molar-refractivity contribution in [2.24, 2.45) is 10.4 Å². The maximum Gasteiger partial charge on any atom is 0.323 e. The van der Waals surface area contributed by atoms with Crippen molar-refractivity contribution in [3.05, 3.63) is 83.8 Å². The topological polar surface area (TPSA) is 112 Å². The van der Waals surface area contributed by atoms with Crippen LogP contribution in [0.25, 0.3) is 0 Å². The van der Waals surface area contributed by atoms with E-state index in [4.69, 9.17) is 9.47 Å². The number of ketones is 1. The number of hydrogen-bond acceptors (Lipinski definition) is 8. The van der Waals surface area contributed by atoms with Gasteiger partial charge in [-0.1, -0.05) is 60.7 Å². The first-order valence-corrected chi connectivity index (χ1v) is 12.2. The second kappa shape index (κ2) is 12.1. The molecule has 2 heterocycles. The van der Waals surface area contributed by atoms with E-state index in [0.29, 0.717) is 30.9 Å². The van der Waals surface area contributed by atoms with E-state index in [1.54, 1.807) is 13.3 Å². The Kier molecular flexibility index (Phi) is 8.45. The molecule has 0 saturated heterocycles. The van der Waals surface area contributed by atoms with Crippen LogP contribution in [0.5, 0.6) is 0 Å². The highest BCUT2D eigenvalue weighted by molar-refractivity contribution is 6.04. The zero-order valence-corrected chi connectivity index (χ0v) is 20.8. The SMILES string of the molecule is CC(CCCCn1cnc2c1NC=NCC2=O)(C(=O)OCc1ccccc1)C(=O)OCc1ccccc1. The second-order valence-electron chi connectivity index (χ2n) is 9.09. The van der Waals surface area contributed by atoms with Gasteiger partial charge in [0.2, 0.25) is 5.78 Å². The third kappa shape index (κ3) is 6.49. The van der Waals surface area contributed by atoms with Gasteiger partial charge in [0, 0.05) is 6.54 Å². The monoisotopic (exact) mass is 502 g/mol. The van der Waals surface area contributed by atoms with Gasteiger partial charge in [0.25, 0.3) is 0 Å².